The molecule has 0 saturated carbocycles. The summed E-state index contributed by atoms with van der Waals surface area (Å²) in [5, 5.41) is 2.94. The highest BCUT2D eigenvalue weighted by atomic mass is 16.1. The Morgan fingerprint density at radius 2 is 1.91 bits per heavy atom. The first kappa shape index (κ1) is 14.3. The van der Waals surface area contributed by atoms with Gasteiger partial charge in [0.05, 0.1) is 11.0 Å². The zero-order valence-corrected chi connectivity index (χ0v) is 12.8. The summed E-state index contributed by atoms with van der Waals surface area (Å²) in [5.74, 6) is 0.0839. The van der Waals surface area contributed by atoms with E-state index in [4.69, 9.17) is 0 Å². The molecule has 0 saturated heterocycles. The van der Waals surface area contributed by atoms with Crippen LogP contribution < -0.4 is 5.32 Å². The highest BCUT2D eigenvalue weighted by Gasteiger charge is 2.10. The van der Waals surface area contributed by atoms with Crippen LogP contribution in [-0.4, -0.2) is 15.5 Å². The van der Waals surface area contributed by atoms with Gasteiger partial charge in [0.1, 0.15) is 6.33 Å². The van der Waals surface area contributed by atoms with E-state index in [2.05, 4.69) is 10.3 Å². The number of anilines is 1. The van der Waals surface area contributed by atoms with Gasteiger partial charge in [0, 0.05) is 17.3 Å². The van der Waals surface area contributed by atoms with E-state index in [1.54, 1.807) is 0 Å². The van der Waals surface area contributed by atoms with Gasteiger partial charge in [-0.1, -0.05) is 26.0 Å². The summed E-state index contributed by atoms with van der Waals surface area (Å²) in [6.45, 7) is 3.94. The van der Waals surface area contributed by atoms with Crippen LogP contribution in [0.3, 0.4) is 0 Å². The van der Waals surface area contributed by atoms with Crippen LogP contribution in [0.25, 0.3) is 16.7 Å². The topological polar surface area (TPSA) is 46.9 Å². The summed E-state index contributed by atoms with van der Waals surface area (Å²) in [6.07, 6.45) is 2.66. The third-order valence-electron chi connectivity index (χ3n) is 3.93. The van der Waals surface area contributed by atoms with Crippen molar-refractivity contribution in [2.75, 3.05) is 5.32 Å². The van der Waals surface area contributed by atoms with Crippen LogP contribution in [0.2, 0.25) is 0 Å². The average Bonchev–Trinajstić information content (AvgIpc) is 2.99. The van der Waals surface area contributed by atoms with E-state index < -0.39 is 0 Å². The van der Waals surface area contributed by atoms with Crippen LogP contribution in [0.4, 0.5) is 5.69 Å². The van der Waals surface area contributed by atoms with Crippen LogP contribution in [0.5, 0.6) is 0 Å². The number of imidazole rings is 1. The highest BCUT2D eigenvalue weighted by molar-refractivity contribution is 5.92. The lowest BCUT2D eigenvalue weighted by Gasteiger charge is -2.11. The zero-order chi connectivity index (χ0) is 15.5. The molecular weight excluding hydrogens is 274 g/mol. The summed E-state index contributed by atoms with van der Waals surface area (Å²) < 4.78 is 2.04. The third-order valence-corrected chi connectivity index (χ3v) is 3.93. The Balaban J connectivity index is 1.84. The molecule has 1 aromatic heterocycles. The van der Waals surface area contributed by atoms with Gasteiger partial charge in [-0.15, -0.1) is 0 Å². The minimum atomic E-state index is 0.0252. The van der Waals surface area contributed by atoms with Crippen molar-refractivity contribution in [2.24, 2.45) is 5.92 Å². The Kier molecular flexibility index (Phi) is 3.92. The van der Waals surface area contributed by atoms with Crippen molar-refractivity contribution < 1.29 is 4.79 Å². The molecule has 0 aliphatic heterocycles. The van der Waals surface area contributed by atoms with Crippen molar-refractivity contribution in [1.29, 1.82) is 0 Å². The lowest BCUT2D eigenvalue weighted by Crippen LogP contribution is -2.19. The largest absolute Gasteiger partial charge is 0.326 e. The van der Waals surface area contributed by atoms with Crippen molar-refractivity contribution in [3.05, 3.63) is 54.9 Å². The molecule has 4 nitrogen and oxygen atoms in total. The van der Waals surface area contributed by atoms with Gasteiger partial charge in [-0.3, -0.25) is 9.36 Å². The predicted octanol–water partition coefficient (Wildman–Crippen LogP) is 4.01. The van der Waals surface area contributed by atoms with Crippen molar-refractivity contribution in [3.63, 3.8) is 0 Å². The fraction of sp³-hybridized carbons (Fsp3) is 0.222. The second-order valence-corrected chi connectivity index (χ2v) is 5.45. The number of para-hydroxylation sites is 2. The summed E-state index contributed by atoms with van der Waals surface area (Å²) in [5.41, 5.74) is 3.88. The Morgan fingerprint density at radius 1 is 1.18 bits per heavy atom. The van der Waals surface area contributed by atoms with Crippen molar-refractivity contribution >= 4 is 22.6 Å². The fourth-order valence-corrected chi connectivity index (χ4v) is 2.32. The maximum Gasteiger partial charge on any atom is 0.227 e. The standard InChI is InChI=1S/C18H19N3O/c1-3-13(2)18(22)20-14-8-10-15(11-9-14)21-12-19-16-6-4-5-7-17(16)21/h4-13H,3H2,1-2H3,(H,20,22)/t13-/m0/s1. The first-order valence-electron chi connectivity index (χ1n) is 7.52. The Bertz CT molecular complexity index is 789. The number of nitrogens with zero attached hydrogens (tertiary/aromatic N) is 2. The van der Waals surface area contributed by atoms with Crippen LogP contribution in [0, 0.1) is 5.92 Å². The highest BCUT2D eigenvalue weighted by Crippen LogP contribution is 2.20. The molecular formula is C18H19N3O. The van der Waals surface area contributed by atoms with E-state index in [1.807, 2.05) is 73.3 Å². The molecule has 0 unspecified atom stereocenters. The molecule has 1 amide bonds. The monoisotopic (exact) mass is 293 g/mol. The van der Waals surface area contributed by atoms with Crippen molar-refractivity contribution in [2.45, 2.75) is 20.3 Å². The third kappa shape index (κ3) is 2.72. The molecule has 0 radical (unpaired) electrons. The number of hydrogen-bond donors (Lipinski definition) is 1. The van der Waals surface area contributed by atoms with Crippen molar-refractivity contribution in [3.8, 4) is 5.69 Å². The van der Waals surface area contributed by atoms with Crippen LogP contribution in [-0.2, 0) is 4.79 Å². The molecule has 1 N–H and O–H groups in total. The molecule has 1 atom stereocenters. The van der Waals surface area contributed by atoms with E-state index in [0.29, 0.717) is 0 Å². The maximum atomic E-state index is 11.9. The predicted molar refractivity (Wildman–Crippen MR) is 89.2 cm³/mol. The molecule has 3 rings (SSSR count). The van der Waals surface area contributed by atoms with Crippen molar-refractivity contribution in [1.82, 2.24) is 9.55 Å². The minimum absolute atomic E-state index is 0.0252. The summed E-state index contributed by atoms with van der Waals surface area (Å²) in [7, 11) is 0. The first-order valence-corrected chi connectivity index (χ1v) is 7.52. The molecule has 0 fully saturated rings. The van der Waals surface area contributed by atoms with E-state index >= 15 is 0 Å². The van der Waals surface area contributed by atoms with E-state index in [-0.39, 0.29) is 11.8 Å². The van der Waals surface area contributed by atoms with Gasteiger partial charge in [-0.05, 0) is 42.8 Å². The molecule has 112 valence electrons. The molecule has 0 spiro atoms. The summed E-state index contributed by atoms with van der Waals surface area (Å²) in [4.78, 5) is 16.3. The lowest BCUT2D eigenvalue weighted by molar-refractivity contribution is -0.119. The van der Waals surface area contributed by atoms with Gasteiger partial charge in [-0.25, -0.2) is 4.98 Å². The number of carbonyl (C=O) groups excluding carboxylic acids is 1. The van der Waals surface area contributed by atoms with E-state index in [1.165, 1.54) is 0 Å². The molecule has 0 aliphatic rings. The molecule has 4 heteroatoms. The number of rotatable bonds is 4. The first-order chi connectivity index (χ1) is 10.7. The van der Waals surface area contributed by atoms with Gasteiger partial charge in [0.25, 0.3) is 0 Å². The number of nitrogens with one attached hydrogen (secondary N) is 1. The van der Waals surface area contributed by atoms with Gasteiger partial charge >= 0.3 is 0 Å². The second kappa shape index (κ2) is 6.02. The lowest BCUT2D eigenvalue weighted by atomic mass is 10.1. The zero-order valence-electron chi connectivity index (χ0n) is 12.8. The number of amides is 1. The number of hydrogen-bond acceptors (Lipinski definition) is 2. The van der Waals surface area contributed by atoms with Gasteiger partial charge in [0.2, 0.25) is 5.91 Å². The molecule has 2 aromatic carbocycles. The Hall–Kier alpha value is -2.62. The van der Waals surface area contributed by atoms with Crippen LogP contribution in [0.1, 0.15) is 20.3 Å². The number of benzene rings is 2. The molecule has 3 aromatic rings. The number of fused-ring (bicyclic) bond motifs is 1. The number of carbonyl (C=O) groups is 1. The number of aromatic nitrogens is 2. The Labute approximate surface area is 129 Å². The van der Waals surface area contributed by atoms with E-state index in [0.717, 1.165) is 28.8 Å². The SMILES string of the molecule is CC[C@H](C)C(=O)Nc1ccc(-n2cnc3ccccc32)cc1. The molecule has 0 aliphatic carbocycles. The quantitative estimate of drug-likeness (QED) is 0.790. The van der Waals surface area contributed by atoms with Gasteiger partial charge in [-0.2, -0.15) is 0 Å². The van der Waals surface area contributed by atoms with Gasteiger partial charge < -0.3 is 5.32 Å². The molecule has 0 bridgehead atoms. The molecule has 22 heavy (non-hydrogen) atoms. The van der Waals surface area contributed by atoms with Crippen LogP contribution >= 0.6 is 0 Å². The van der Waals surface area contributed by atoms with Crippen LogP contribution in [0.15, 0.2) is 54.9 Å². The van der Waals surface area contributed by atoms with Gasteiger partial charge in [0.15, 0.2) is 0 Å². The smallest absolute Gasteiger partial charge is 0.227 e. The van der Waals surface area contributed by atoms with E-state index in [9.17, 15) is 4.79 Å². The minimum Gasteiger partial charge on any atom is -0.326 e. The average molecular weight is 293 g/mol. The second-order valence-electron chi connectivity index (χ2n) is 5.45. The summed E-state index contributed by atoms with van der Waals surface area (Å²) >= 11 is 0. The Morgan fingerprint density at radius 3 is 2.64 bits per heavy atom. The molecule has 1 heterocycles. The maximum absolute atomic E-state index is 11.9. The summed E-state index contributed by atoms with van der Waals surface area (Å²) in [6, 6.07) is 15.8. The normalized spacial score (nSPS) is 12.3. The fourth-order valence-electron chi connectivity index (χ4n) is 2.32.